The number of rotatable bonds is 7. The minimum Gasteiger partial charge on any atom is -0.456 e. The lowest BCUT2D eigenvalue weighted by Crippen LogP contribution is -2.00. The lowest BCUT2D eigenvalue weighted by Gasteiger charge is -1.99. The van der Waals surface area contributed by atoms with Crippen molar-refractivity contribution in [2.24, 2.45) is 0 Å². The van der Waals surface area contributed by atoms with Crippen molar-refractivity contribution in [3.8, 4) is 17.2 Å². The summed E-state index contributed by atoms with van der Waals surface area (Å²) in [5, 5.41) is 18.6. The van der Waals surface area contributed by atoms with Gasteiger partial charge in [0.25, 0.3) is 5.69 Å². The number of aromatic nitrogens is 3. The van der Waals surface area contributed by atoms with E-state index in [4.69, 9.17) is 14.2 Å². The summed E-state index contributed by atoms with van der Waals surface area (Å²) in [4.78, 5) is 22.1. The van der Waals surface area contributed by atoms with Crippen LogP contribution in [-0.2, 0) is 16.1 Å². The second-order valence-electron chi connectivity index (χ2n) is 6.37. The van der Waals surface area contributed by atoms with Gasteiger partial charge in [-0.3, -0.25) is 10.1 Å². The summed E-state index contributed by atoms with van der Waals surface area (Å²) in [6.07, 6.45) is 7.98. The zero-order valence-corrected chi connectivity index (χ0v) is 16.1. The normalized spacial score (nSPS) is 12.5. The Balaban J connectivity index is 1.27. The van der Waals surface area contributed by atoms with E-state index in [1.807, 2.05) is 24.3 Å². The maximum absolute atomic E-state index is 11.9. The van der Waals surface area contributed by atoms with Crippen LogP contribution in [0.5, 0.6) is 11.5 Å². The molecule has 0 radical (unpaired) electrons. The van der Waals surface area contributed by atoms with Crippen LogP contribution in [0.2, 0.25) is 0 Å². The molecule has 0 fully saturated rings. The molecule has 0 atom stereocenters. The van der Waals surface area contributed by atoms with Crippen LogP contribution in [0, 0.1) is 10.1 Å². The van der Waals surface area contributed by atoms with Gasteiger partial charge in [-0.25, -0.2) is 9.48 Å². The number of carbonyl (C=O) groups excluding carboxylic acids is 1. The SMILES string of the molecule is O=C(/C=C/C=C/c1ccc2c(c1)OCO2)OCc1cn(-c2ccc([N+](=O)[O-])cc2)nn1. The Bertz CT molecular complexity index is 1170. The topological polar surface area (TPSA) is 119 Å². The Kier molecular flexibility index (Phi) is 5.70. The zero-order chi connectivity index (χ0) is 21.6. The Hall–Kier alpha value is -4.47. The fraction of sp³-hybridized carbons (Fsp3) is 0.0952. The second kappa shape index (κ2) is 8.91. The lowest BCUT2D eigenvalue weighted by atomic mass is 10.2. The molecule has 31 heavy (non-hydrogen) atoms. The molecule has 3 aromatic rings. The molecular formula is C21H16N4O6. The van der Waals surface area contributed by atoms with Crippen LogP contribution in [0.3, 0.4) is 0 Å². The Morgan fingerprint density at radius 1 is 1.16 bits per heavy atom. The molecule has 4 rings (SSSR count). The predicted molar refractivity (Wildman–Crippen MR) is 109 cm³/mol. The quantitative estimate of drug-likeness (QED) is 0.188. The van der Waals surface area contributed by atoms with E-state index in [9.17, 15) is 14.9 Å². The van der Waals surface area contributed by atoms with Crippen LogP contribution in [0.25, 0.3) is 11.8 Å². The highest BCUT2D eigenvalue weighted by molar-refractivity contribution is 5.82. The fourth-order valence-electron chi connectivity index (χ4n) is 2.73. The van der Waals surface area contributed by atoms with Crippen LogP contribution < -0.4 is 9.47 Å². The van der Waals surface area contributed by atoms with E-state index in [1.54, 1.807) is 30.5 Å². The molecule has 1 aromatic heterocycles. The molecule has 1 aliphatic rings. The number of benzene rings is 2. The molecule has 156 valence electrons. The zero-order valence-electron chi connectivity index (χ0n) is 16.1. The van der Waals surface area contributed by atoms with Crippen LogP contribution >= 0.6 is 0 Å². The number of nitro groups is 1. The van der Waals surface area contributed by atoms with E-state index < -0.39 is 10.9 Å². The minimum atomic E-state index is -0.528. The highest BCUT2D eigenvalue weighted by Crippen LogP contribution is 2.32. The number of ether oxygens (including phenoxy) is 3. The molecule has 0 spiro atoms. The number of carbonyl (C=O) groups is 1. The van der Waals surface area contributed by atoms with Gasteiger partial charge in [-0.2, -0.15) is 0 Å². The van der Waals surface area contributed by atoms with Gasteiger partial charge in [0.1, 0.15) is 12.3 Å². The number of nitro benzene ring substituents is 1. The standard InChI is InChI=1S/C21H16N4O6/c26-21(4-2-1-3-15-5-10-19-20(11-15)31-14-30-19)29-13-16-12-24(23-22-16)17-6-8-18(9-7-17)25(27)28/h1-12H,13-14H2/b3-1+,4-2+. The van der Waals surface area contributed by atoms with Crippen molar-refractivity contribution in [1.82, 2.24) is 15.0 Å². The molecule has 0 amide bonds. The number of hydrogen-bond acceptors (Lipinski definition) is 8. The van der Waals surface area contributed by atoms with E-state index in [0.29, 0.717) is 22.9 Å². The Labute approximate surface area is 176 Å². The molecule has 0 saturated carbocycles. The molecule has 0 unspecified atom stereocenters. The maximum Gasteiger partial charge on any atom is 0.331 e. The van der Waals surface area contributed by atoms with Crippen LogP contribution in [0.1, 0.15) is 11.3 Å². The van der Waals surface area contributed by atoms with E-state index in [1.165, 1.54) is 22.9 Å². The van der Waals surface area contributed by atoms with Gasteiger partial charge in [0.2, 0.25) is 6.79 Å². The molecule has 2 aromatic carbocycles. The van der Waals surface area contributed by atoms with Crippen molar-refractivity contribution in [1.29, 1.82) is 0 Å². The Morgan fingerprint density at radius 2 is 1.97 bits per heavy atom. The molecule has 0 N–H and O–H groups in total. The molecule has 1 aliphatic heterocycles. The van der Waals surface area contributed by atoms with Crippen molar-refractivity contribution >= 4 is 17.7 Å². The number of esters is 1. The first-order valence-corrected chi connectivity index (χ1v) is 9.16. The summed E-state index contributed by atoms with van der Waals surface area (Å²) < 4.78 is 17.2. The molecule has 10 nitrogen and oxygen atoms in total. The van der Waals surface area contributed by atoms with Gasteiger partial charge in [-0.1, -0.05) is 29.5 Å². The number of allylic oxidation sites excluding steroid dienone is 2. The average Bonchev–Trinajstić information content (AvgIpc) is 3.44. The summed E-state index contributed by atoms with van der Waals surface area (Å²) in [7, 11) is 0. The minimum absolute atomic E-state index is 0.0163. The first kappa shape index (κ1) is 19.8. The van der Waals surface area contributed by atoms with Gasteiger partial charge in [0.15, 0.2) is 11.5 Å². The highest BCUT2D eigenvalue weighted by atomic mass is 16.7. The smallest absolute Gasteiger partial charge is 0.331 e. The van der Waals surface area contributed by atoms with Crippen molar-refractivity contribution < 1.29 is 23.9 Å². The van der Waals surface area contributed by atoms with Crippen LogP contribution in [0.4, 0.5) is 5.69 Å². The van der Waals surface area contributed by atoms with Gasteiger partial charge in [-0.15, -0.1) is 5.10 Å². The van der Waals surface area contributed by atoms with Gasteiger partial charge in [-0.05, 0) is 29.8 Å². The third kappa shape index (κ3) is 4.93. The number of fused-ring (bicyclic) bond motifs is 1. The number of non-ortho nitro benzene ring substituents is 1. The average molecular weight is 420 g/mol. The summed E-state index contributed by atoms with van der Waals surface area (Å²) in [5.74, 6) is 0.870. The lowest BCUT2D eigenvalue weighted by molar-refractivity contribution is -0.384. The third-order valence-electron chi connectivity index (χ3n) is 4.26. The molecule has 10 heteroatoms. The van der Waals surface area contributed by atoms with E-state index in [-0.39, 0.29) is 19.1 Å². The first-order chi connectivity index (χ1) is 15.1. The second-order valence-corrected chi connectivity index (χ2v) is 6.37. The van der Waals surface area contributed by atoms with E-state index in [2.05, 4.69) is 10.3 Å². The maximum atomic E-state index is 11.9. The van der Waals surface area contributed by atoms with Crippen molar-refractivity contribution in [3.63, 3.8) is 0 Å². The summed E-state index contributed by atoms with van der Waals surface area (Å²) >= 11 is 0. The van der Waals surface area contributed by atoms with Gasteiger partial charge >= 0.3 is 5.97 Å². The van der Waals surface area contributed by atoms with Gasteiger partial charge < -0.3 is 14.2 Å². The summed E-state index contributed by atoms with van der Waals surface area (Å²) in [5.41, 5.74) is 1.93. The molecule has 0 aliphatic carbocycles. The van der Waals surface area contributed by atoms with Crippen LogP contribution in [0.15, 0.2) is 66.9 Å². The first-order valence-electron chi connectivity index (χ1n) is 9.16. The predicted octanol–water partition coefficient (Wildman–Crippen LogP) is 3.22. The van der Waals surface area contributed by atoms with Crippen molar-refractivity contribution in [3.05, 3.63) is 88.3 Å². The van der Waals surface area contributed by atoms with E-state index in [0.717, 1.165) is 5.56 Å². The summed E-state index contributed by atoms with van der Waals surface area (Å²) in [6, 6.07) is 11.4. The van der Waals surface area contributed by atoms with Crippen LogP contribution in [-0.4, -0.2) is 32.7 Å². The molecular weight excluding hydrogens is 404 g/mol. The molecule has 0 bridgehead atoms. The summed E-state index contributed by atoms with van der Waals surface area (Å²) in [6.45, 7) is 0.165. The van der Waals surface area contributed by atoms with Gasteiger partial charge in [0.05, 0.1) is 16.8 Å². The molecule has 0 saturated heterocycles. The van der Waals surface area contributed by atoms with Crippen molar-refractivity contribution in [2.45, 2.75) is 6.61 Å². The Morgan fingerprint density at radius 3 is 2.77 bits per heavy atom. The highest BCUT2D eigenvalue weighted by Gasteiger charge is 2.12. The van der Waals surface area contributed by atoms with Gasteiger partial charge in [0, 0.05) is 18.2 Å². The molecule has 2 heterocycles. The number of hydrogen-bond donors (Lipinski definition) is 0. The number of nitrogens with zero attached hydrogens (tertiary/aromatic N) is 4. The third-order valence-corrected chi connectivity index (χ3v) is 4.26. The van der Waals surface area contributed by atoms with E-state index >= 15 is 0 Å². The largest absolute Gasteiger partial charge is 0.456 e. The monoisotopic (exact) mass is 420 g/mol. The fourth-order valence-corrected chi connectivity index (χ4v) is 2.73. The van der Waals surface area contributed by atoms with Crippen molar-refractivity contribution in [2.75, 3.05) is 6.79 Å².